The smallest absolute Gasteiger partial charge is 0.381 e. The molecule has 0 rings (SSSR count). The van der Waals surface area contributed by atoms with Gasteiger partial charge in [-0.3, -0.25) is 70.3 Å². The molecule has 0 aliphatic rings. The summed E-state index contributed by atoms with van der Waals surface area (Å²) in [5, 5.41) is 10.0. The molecule has 18 N–H and O–H groups in total. The fourth-order valence-corrected chi connectivity index (χ4v) is 13.5. The normalized spacial score (nSPS) is 11.2. The molecule has 0 aromatic carbocycles. The monoisotopic (exact) mass is 2040 g/mol. The molecular formula is C82H162N8O33P7S+. The van der Waals surface area contributed by atoms with E-state index in [1.807, 2.05) is 13.8 Å². The van der Waals surface area contributed by atoms with Crippen molar-refractivity contribution in [3.05, 3.63) is 99.7 Å². The maximum Gasteiger partial charge on any atom is 0.507 e. The number of carbonyl (C=O) groups is 8. The first-order valence-electron chi connectivity index (χ1n) is 43.6. The predicted molar refractivity (Wildman–Crippen MR) is 515 cm³/mol. The Morgan fingerprint density at radius 2 is 0.634 bits per heavy atom. The Morgan fingerprint density at radius 3 is 0.977 bits per heavy atom. The van der Waals surface area contributed by atoms with Gasteiger partial charge in [-0.1, -0.05) is 196 Å². The first-order valence-corrected chi connectivity index (χ1v) is 57.4. The lowest BCUT2D eigenvalue weighted by Crippen LogP contribution is -2.34. The average Bonchev–Trinajstić information content (AvgIpc) is 0.898. The molecule has 0 fully saturated rings. The maximum atomic E-state index is 11.7. The molecule has 0 spiro atoms. The second kappa shape index (κ2) is 88.4. The number of ether oxygens (including phenoxy) is 2. The van der Waals surface area contributed by atoms with Crippen molar-refractivity contribution in [3.8, 4) is 0 Å². The van der Waals surface area contributed by atoms with Crippen LogP contribution in [0.15, 0.2) is 99.7 Å². The minimum atomic E-state index is -4.06. The van der Waals surface area contributed by atoms with Crippen molar-refractivity contribution in [3.63, 3.8) is 0 Å². The maximum absolute atomic E-state index is 11.7. The summed E-state index contributed by atoms with van der Waals surface area (Å²) < 4.78 is 113. The molecule has 0 aliphatic heterocycles. The van der Waals surface area contributed by atoms with Crippen LogP contribution in [0.1, 0.15) is 222 Å². The van der Waals surface area contributed by atoms with E-state index in [1.54, 1.807) is 25.7 Å². The van der Waals surface area contributed by atoms with Crippen molar-refractivity contribution in [2.75, 3.05) is 154 Å². The lowest BCUT2D eigenvalue weighted by atomic mass is 10.1. The molecule has 0 heterocycles. The van der Waals surface area contributed by atoms with Crippen LogP contribution in [-0.2, 0) is 89.9 Å². The van der Waals surface area contributed by atoms with E-state index >= 15 is 0 Å². The van der Waals surface area contributed by atoms with Gasteiger partial charge in [-0.2, -0.15) is 13.3 Å². The summed E-state index contributed by atoms with van der Waals surface area (Å²) in [4.78, 5) is 208. The van der Waals surface area contributed by atoms with Crippen LogP contribution >= 0.6 is 53.6 Å². The van der Waals surface area contributed by atoms with Gasteiger partial charge in [0.05, 0.1) is 55.9 Å². The van der Waals surface area contributed by atoms with Crippen LogP contribution in [-0.4, -0.2) is 297 Å². The van der Waals surface area contributed by atoms with E-state index in [0.29, 0.717) is 95.2 Å². The molecule has 0 saturated heterocycles. The highest BCUT2D eigenvalue weighted by molar-refractivity contribution is 7.85. The molecule has 49 heteroatoms. The molecular weight excluding hydrogens is 1870 g/mol. The zero-order valence-electron chi connectivity index (χ0n) is 78.5. The third kappa shape index (κ3) is 121. The number of carbonyl (C=O) groups excluding carboxylic acids is 8. The molecule has 8 amide bonds. The van der Waals surface area contributed by atoms with Gasteiger partial charge in [0.15, 0.2) is 6.16 Å². The van der Waals surface area contributed by atoms with Gasteiger partial charge in [0.1, 0.15) is 0 Å². The third-order valence-corrected chi connectivity index (χ3v) is 23.2. The highest BCUT2D eigenvalue weighted by Crippen LogP contribution is 2.37. The van der Waals surface area contributed by atoms with E-state index < -0.39 is 69.6 Å². The van der Waals surface area contributed by atoms with Crippen molar-refractivity contribution < 1.29 is 156 Å². The van der Waals surface area contributed by atoms with Gasteiger partial charge in [-0.15, -0.1) is 0 Å². The van der Waals surface area contributed by atoms with E-state index in [1.165, 1.54) is 104 Å². The average molecular weight is 2040 g/mol. The SMILES string of the molecule is C=C(C)C(=O)N(CCCC)CCP(=O)(O)O.C=C(C)C(=O)NCCCCCCOCCP(=O)(O)O.C=C(C)C(=O)NCCCS(=O)(=O)O.C=CC(=O)N(CCCC)CCP(=O)(O)O.C=CC(=O)N(CCCCCCCC)CC[P+](=O)O.C=CC(=O)N(CCCCCCCCCCCC)CCP(=O)(O)O.C=CC(=O)NCCCOCCCP(=O)(O)O.C=CC(=O)NCCP(=O)(O)O. The molecule has 131 heavy (non-hydrogen) atoms. The van der Waals surface area contributed by atoms with Crippen molar-refractivity contribution in [2.45, 2.75) is 222 Å². The highest BCUT2D eigenvalue weighted by atomic mass is 32.2. The topological polar surface area (TPSA) is 653 Å². The van der Waals surface area contributed by atoms with Crippen LogP contribution in [0.4, 0.5) is 0 Å². The predicted octanol–water partition coefficient (Wildman–Crippen LogP) is 10.7. The number of hydrogen-bond acceptors (Lipinski definition) is 19. The molecule has 768 valence electrons. The summed E-state index contributed by atoms with van der Waals surface area (Å²) in [5.41, 5.74) is 1.27. The number of nitrogens with one attached hydrogen (secondary N) is 4. The Morgan fingerprint density at radius 1 is 0.336 bits per heavy atom. The zero-order valence-corrected chi connectivity index (χ0v) is 85.5. The summed E-state index contributed by atoms with van der Waals surface area (Å²) in [7, 11) is -30.0. The molecule has 0 aromatic heterocycles. The molecule has 0 aliphatic carbocycles. The van der Waals surface area contributed by atoms with Crippen LogP contribution in [0, 0.1) is 0 Å². The van der Waals surface area contributed by atoms with Crippen molar-refractivity contribution in [1.29, 1.82) is 0 Å². The largest absolute Gasteiger partial charge is 0.507 e. The van der Waals surface area contributed by atoms with Crippen LogP contribution in [0.5, 0.6) is 0 Å². The third-order valence-electron chi connectivity index (χ3n) is 17.0. The molecule has 0 bridgehead atoms. The second-order valence-corrected chi connectivity index (χ2v) is 43.2. The van der Waals surface area contributed by atoms with E-state index in [9.17, 15) is 78.7 Å². The first kappa shape index (κ1) is 141. The lowest BCUT2D eigenvalue weighted by Gasteiger charge is -2.22. The molecule has 41 nitrogen and oxygen atoms in total. The standard InChI is InChI=1S/C17H34NO4P.C13H24NO3P.C12H24NO5P.C10H20NO4P.C9H18NO5P.C9H18NO4P.C7H13NO4S.C5H10NO4P/c1-3-5-6-7-8-9-10-11-12-13-14-18(17(19)4-2)15-16-23(20,21)22;1-3-5-6-7-8-9-10-14(13(15)4-2)11-12-18(16)17;1-11(2)12(14)13-7-5-3-4-6-8-18-9-10-19(15,16)17;1-4-5-6-11(10(12)9(2)3)7-8-16(13,14)15;1-2-9(11)10-5-3-6-15-7-4-8-16(12,13)14;1-3-5-6-10(9(11)4-2)7-8-15(12,13)14;1-6(2)7(9)8-4-3-5-13(10,11)12;1-2-5(7)6-3-4-11(8,9)10/h4H,2-3,5-16H2,1H3,(H2,20,21,22);4H,2-3,5-12H2,1H3;1,3-10H2,2H3,(H,13,14)(H2,15,16,17);2,4-8H2,1,3H3,(H2,13,14,15);2H,1,3-8H2,(H,10,11)(H2,12,13,14);4H,2-3,5-8H2,1H3,(H2,12,13,14);1,3-5H2,2H3,(H,8,9)(H,10,11,12);2H,1,3-4H2,(H,6,7)(H2,8,9,10)/p+1. The summed E-state index contributed by atoms with van der Waals surface area (Å²) in [6.45, 7) is 45.9. The van der Waals surface area contributed by atoms with Gasteiger partial charge < -0.3 is 109 Å². The van der Waals surface area contributed by atoms with Gasteiger partial charge >= 0.3 is 53.6 Å². The highest BCUT2D eigenvalue weighted by Gasteiger charge is 2.23. The first-order chi connectivity index (χ1) is 60.8. The van der Waals surface area contributed by atoms with Crippen LogP contribution in [0.25, 0.3) is 0 Å². The molecule has 0 saturated carbocycles. The van der Waals surface area contributed by atoms with Crippen molar-refractivity contribution in [1.82, 2.24) is 40.9 Å². The minimum Gasteiger partial charge on any atom is -0.381 e. The van der Waals surface area contributed by atoms with Gasteiger partial charge in [-0.25, -0.2) is 0 Å². The second-order valence-electron chi connectivity index (χ2n) is 29.8. The summed E-state index contributed by atoms with van der Waals surface area (Å²) in [6.07, 6.45) is 32.0. The Kier molecular flexibility index (Phi) is 95.1. The van der Waals surface area contributed by atoms with E-state index in [2.05, 4.69) is 87.7 Å². The molecule has 0 radical (unpaired) electrons. The summed E-state index contributed by atoms with van der Waals surface area (Å²) in [5.74, 6) is -2.34. The van der Waals surface area contributed by atoms with Gasteiger partial charge in [0, 0.05) is 109 Å². The van der Waals surface area contributed by atoms with Crippen LogP contribution in [0.2, 0.25) is 0 Å². The van der Waals surface area contributed by atoms with E-state index in [-0.39, 0.29) is 136 Å². The number of nitrogens with zero attached hydrogens (tertiary/aromatic N) is 4. The number of unbranched alkanes of at least 4 members (excludes halogenated alkanes) is 19. The van der Waals surface area contributed by atoms with Crippen LogP contribution in [0.3, 0.4) is 0 Å². The molecule has 1 unspecified atom stereocenters. The summed E-state index contributed by atoms with van der Waals surface area (Å²) >= 11 is 0. The Balaban J connectivity index is -0.000000222. The quantitative estimate of drug-likeness (QED) is 0.0116. The van der Waals surface area contributed by atoms with E-state index in [4.69, 9.17) is 77.6 Å². The summed E-state index contributed by atoms with van der Waals surface area (Å²) in [6, 6.07) is 0. The fourth-order valence-electron chi connectivity index (χ4n) is 9.76. The van der Waals surface area contributed by atoms with Crippen LogP contribution < -0.4 is 21.3 Å². The fraction of sp³-hybridized carbons (Fsp3) is 0.707. The van der Waals surface area contributed by atoms with Crippen molar-refractivity contribution in [2.24, 2.45) is 0 Å². The number of rotatable bonds is 69. The van der Waals surface area contributed by atoms with Gasteiger partial charge in [0.2, 0.25) is 47.3 Å². The number of amides is 8. The Bertz CT molecular complexity index is 3660. The Labute approximate surface area is 779 Å². The van der Waals surface area contributed by atoms with Crippen molar-refractivity contribution >= 4 is 111 Å². The minimum absolute atomic E-state index is 0.0326. The molecule has 0 aromatic rings. The Hall–Kier alpha value is -5.53. The number of hydrogen-bond donors (Lipinski definition) is 18. The molecule has 1 atom stereocenters. The van der Waals surface area contributed by atoms with Gasteiger partial charge in [0.25, 0.3) is 10.1 Å². The zero-order chi connectivity index (χ0) is 103. The van der Waals surface area contributed by atoms with Gasteiger partial charge in [-0.05, 0) is 114 Å². The lowest BCUT2D eigenvalue weighted by molar-refractivity contribution is -0.127. The van der Waals surface area contributed by atoms with E-state index in [0.717, 1.165) is 95.6 Å².